The van der Waals surface area contributed by atoms with Crippen LogP contribution in [0.1, 0.15) is 83.5 Å². The van der Waals surface area contributed by atoms with Gasteiger partial charge in [-0.25, -0.2) is 21.6 Å². The monoisotopic (exact) mass is 605 g/mol. The van der Waals surface area contributed by atoms with Crippen molar-refractivity contribution >= 4 is 49.7 Å². The fourth-order valence-electron chi connectivity index (χ4n) is 3.84. The Hall–Kier alpha value is -3.77. The SMILES string of the molecule is CCC=Cc1cc(CC)c(C(=O)N=C(N)N)cc1S(C)(=O)=O.CCC=Cc1cc(CC)c(C(=O)O)cc1S(C)(=O)=O. The second kappa shape index (κ2) is 15.3. The Bertz CT molecular complexity index is 1580. The number of allylic oxidation sites excluding steroid dienone is 2. The van der Waals surface area contributed by atoms with Crippen LogP contribution in [-0.2, 0) is 32.5 Å². The lowest BCUT2D eigenvalue weighted by atomic mass is 10.0. The summed E-state index contributed by atoms with van der Waals surface area (Å²) in [6, 6.07) is 5.94. The third-order valence-electron chi connectivity index (χ3n) is 5.79. The van der Waals surface area contributed by atoms with Crippen LogP contribution in [0.15, 0.2) is 51.2 Å². The predicted molar refractivity (Wildman–Crippen MR) is 164 cm³/mol. The van der Waals surface area contributed by atoms with Gasteiger partial charge in [-0.1, -0.05) is 52.0 Å². The molecule has 0 aliphatic rings. The van der Waals surface area contributed by atoms with Crippen molar-refractivity contribution in [1.29, 1.82) is 0 Å². The highest BCUT2D eigenvalue weighted by Crippen LogP contribution is 2.25. The third-order valence-corrected chi connectivity index (χ3v) is 8.09. The number of benzene rings is 2. The fourth-order valence-corrected chi connectivity index (χ4v) is 5.61. The minimum absolute atomic E-state index is 0.0524. The molecule has 1 amide bonds. The quantitative estimate of drug-likeness (QED) is 0.263. The van der Waals surface area contributed by atoms with Crippen molar-refractivity contribution in [3.8, 4) is 0 Å². The summed E-state index contributed by atoms with van der Waals surface area (Å²) in [7, 11) is -6.95. The van der Waals surface area contributed by atoms with Gasteiger partial charge in [0.25, 0.3) is 5.91 Å². The molecule has 224 valence electrons. The number of carbonyl (C=O) groups excluding carboxylic acids is 1. The van der Waals surface area contributed by atoms with Crippen LogP contribution in [-0.4, -0.2) is 52.3 Å². The van der Waals surface area contributed by atoms with E-state index in [1.54, 1.807) is 24.3 Å². The van der Waals surface area contributed by atoms with Gasteiger partial charge < -0.3 is 16.6 Å². The van der Waals surface area contributed by atoms with Crippen LogP contribution in [0.2, 0.25) is 0 Å². The molecule has 10 nitrogen and oxygen atoms in total. The molecule has 41 heavy (non-hydrogen) atoms. The van der Waals surface area contributed by atoms with Crippen molar-refractivity contribution in [2.45, 2.75) is 63.2 Å². The molecule has 12 heteroatoms. The third kappa shape index (κ3) is 10.3. The number of sulfone groups is 2. The topological polar surface area (TPSA) is 187 Å². The van der Waals surface area contributed by atoms with Gasteiger partial charge in [0.2, 0.25) is 0 Å². The molecule has 0 radical (unpaired) electrons. The van der Waals surface area contributed by atoms with E-state index in [2.05, 4.69) is 4.99 Å². The van der Waals surface area contributed by atoms with Gasteiger partial charge in [0, 0.05) is 18.1 Å². The van der Waals surface area contributed by atoms with E-state index >= 15 is 0 Å². The zero-order chi connectivity index (χ0) is 31.5. The Morgan fingerprint density at radius 3 is 1.46 bits per heavy atom. The summed E-state index contributed by atoms with van der Waals surface area (Å²) in [5.41, 5.74) is 13.1. The first-order valence-electron chi connectivity index (χ1n) is 13.0. The van der Waals surface area contributed by atoms with Gasteiger partial charge in [0.1, 0.15) is 0 Å². The highest BCUT2D eigenvalue weighted by Gasteiger charge is 2.20. The van der Waals surface area contributed by atoms with Gasteiger partial charge in [0.05, 0.1) is 15.4 Å². The average molecular weight is 606 g/mol. The largest absolute Gasteiger partial charge is 0.478 e. The van der Waals surface area contributed by atoms with Crippen molar-refractivity contribution in [3.63, 3.8) is 0 Å². The summed E-state index contributed by atoms with van der Waals surface area (Å²) in [4.78, 5) is 26.9. The summed E-state index contributed by atoms with van der Waals surface area (Å²) in [6.45, 7) is 7.61. The predicted octanol–water partition coefficient (Wildman–Crippen LogP) is 4.26. The molecule has 0 aliphatic carbocycles. The number of aliphatic imine (C=N–C) groups is 1. The summed E-state index contributed by atoms with van der Waals surface area (Å²) in [5.74, 6) is -2.11. The zero-order valence-electron chi connectivity index (χ0n) is 24.3. The molecule has 0 saturated carbocycles. The van der Waals surface area contributed by atoms with Gasteiger partial charge >= 0.3 is 5.97 Å². The van der Waals surface area contributed by atoms with Gasteiger partial charge in [-0.2, -0.15) is 4.99 Å². The molecule has 0 atom stereocenters. The summed E-state index contributed by atoms with van der Waals surface area (Å²) in [6.07, 6.45) is 12.0. The summed E-state index contributed by atoms with van der Waals surface area (Å²) in [5, 5.41) is 9.14. The van der Waals surface area contributed by atoms with Crippen LogP contribution in [0.5, 0.6) is 0 Å². The lowest BCUT2D eigenvalue weighted by Gasteiger charge is -2.11. The molecule has 0 saturated heterocycles. The molecule has 0 aliphatic heterocycles. The van der Waals surface area contributed by atoms with Crippen LogP contribution < -0.4 is 11.5 Å². The molecule has 0 bridgehead atoms. The number of carboxylic acids is 1. The molecule has 2 aromatic carbocycles. The van der Waals surface area contributed by atoms with Crippen LogP contribution in [0.4, 0.5) is 0 Å². The lowest BCUT2D eigenvalue weighted by molar-refractivity contribution is 0.0695. The van der Waals surface area contributed by atoms with Crippen molar-refractivity contribution in [2.24, 2.45) is 16.5 Å². The molecule has 0 heterocycles. The zero-order valence-corrected chi connectivity index (χ0v) is 25.9. The second-order valence-electron chi connectivity index (χ2n) is 9.11. The van der Waals surface area contributed by atoms with Crippen LogP contribution in [0.3, 0.4) is 0 Å². The molecule has 0 aromatic heterocycles. The molecule has 0 spiro atoms. The Morgan fingerprint density at radius 1 is 0.756 bits per heavy atom. The Balaban J connectivity index is 0.000000414. The van der Waals surface area contributed by atoms with Crippen LogP contribution in [0, 0.1) is 0 Å². The summed E-state index contributed by atoms with van der Waals surface area (Å²) < 4.78 is 47.5. The van der Waals surface area contributed by atoms with E-state index < -0.39 is 31.6 Å². The molecule has 2 rings (SSSR count). The number of amides is 1. The highest BCUT2D eigenvalue weighted by atomic mass is 32.2. The second-order valence-corrected chi connectivity index (χ2v) is 13.1. The van der Waals surface area contributed by atoms with Crippen molar-refractivity contribution in [2.75, 3.05) is 12.5 Å². The van der Waals surface area contributed by atoms with E-state index in [1.807, 2.05) is 39.8 Å². The first-order chi connectivity index (χ1) is 19.0. The smallest absolute Gasteiger partial charge is 0.336 e. The number of hydrogen-bond acceptors (Lipinski definition) is 6. The molecular formula is C29H39N3O7S2. The lowest BCUT2D eigenvalue weighted by Crippen LogP contribution is -2.24. The maximum absolute atomic E-state index is 12.1. The maximum atomic E-state index is 12.1. The fraction of sp³-hybridized carbons (Fsp3) is 0.345. The van der Waals surface area contributed by atoms with Gasteiger partial charge in [0.15, 0.2) is 25.6 Å². The Morgan fingerprint density at radius 2 is 1.15 bits per heavy atom. The number of aromatic carboxylic acids is 1. The number of carboxylic acid groups (broad SMARTS) is 1. The number of guanidine groups is 1. The van der Waals surface area contributed by atoms with E-state index in [1.165, 1.54) is 12.1 Å². The molecule has 2 aromatic rings. The van der Waals surface area contributed by atoms with E-state index in [9.17, 15) is 26.4 Å². The van der Waals surface area contributed by atoms with Crippen molar-refractivity contribution in [1.82, 2.24) is 0 Å². The minimum atomic E-state index is -3.49. The van der Waals surface area contributed by atoms with Gasteiger partial charge in [-0.15, -0.1) is 0 Å². The Kier molecular flexibility index (Phi) is 13.1. The van der Waals surface area contributed by atoms with E-state index in [0.29, 0.717) is 35.1 Å². The number of nitrogens with two attached hydrogens (primary N) is 2. The first kappa shape index (κ1) is 35.3. The molecule has 0 unspecified atom stereocenters. The normalized spacial score (nSPS) is 11.8. The van der Waals surface area contributed by atoms with Crippen LogP contribution >= 0.6 is 0 Å². The molecule has 0 fully saturated rings. The number of hydrogen-bond donors (Lipinski definition) is 3. The van der Waals surface area contributed by atoms with E-state index in [0.717, 1.165) is 25.4 Å². The number of nitrogens with zero attached hydrogens (tertiary/aromatic N) is 1. The standard InChI is InChI=1S/C15H21N3O3S.C14H18O4S/c1-4-6-7-11-8-10(5-2)12(14(19)18-15(16)17)9-13(11)22(3,20)21;1-4-6-7-11-8-10(5-2)12(14(15)16)9-13(11)19(3,17)18/h6-9H,4-5H2,1-3H3,(H4,16,17,18,19);6-9H,4-5H2,1-3H3,(H,15,16). The van der Waals surface area contributed by atoms with Crippen molar-refractivity contribution < 1.29 is 31.5 Å². The Labute approximate surface area is 242 Å². The number of carbonyl (C=O) groups is 2. The van der Waals surface area contributed by atoms with E-state index in [4.69, 9.17) is 16.6 Å². The average Bonchev–Trinajstić information content (AvgIpc) is 2.88. The van der Waals surface area contributed by atoms with E-state index in [-0.39, 0.29) is 26.9 Å². The molecular weight excluding hydrogens is 566 g/mol. The van der Waals surface area contributed by atoms with Crippen LogP contribution in [0.25, 0.3) is 12.2 Å². The number of aryl methyl sites for hydroxylation is 2. The maximum Gasteiger partial charge on any atom is 0.336 e. The first-order valence-corrected chi connectivity index (χ1v) is 16.7. The van der Waals surface area contributed by atoms with Gasteiger partial charge in [-0.05, 0) is 72.2 Å². The summed E-state index contributed by atoms with van der Waals surface area (Å²) >= 11 is 0. The van der Waals surface area contributed by atoms with Crippen molar-refractivity contribution in [3.05, 3.63) is 69.8 Å². The highest BCUT2D eigenvalue weighted by molar-refractivity contribution is 7.91. The number of rotatable bonds is 10. The molecule has 5 N–H and O–H groups in total. The van der Waals surface area contributed by atoms with Gasteiger partial charge in [-0.3, -0.25) is 4.79 Å². The minimum Gasteiger partial charge on any atom is -0.478 e.